The number of anilines is 6. The van der Waals surface area contributed by atoms with Crippen molar-refractivity contribution in [1.82, 2.24) is 23.7 Å². The van der Waals surface area contributed by atoms with Crippen LogP contribution in [0.5, 0.6) is 0 Å². The minimum atomic E-state index is -0.686. The van der Waals surface area contributed by atoms with Gasteiger partial charge >= 0.3 is 0 Å². The molecule has 0 radical (unpaired) electrons. The third-order valence-corrected chi connectivity index (χ3v) is 24.8. The number of nitriles is 2. The zero-order chi connectivity index (χ0) is 89.6. The zero-order valence-corrected chi connectivity index (χ0v) is 69.2. The van der Waals surface area contributed by atoms with Gasteiger partial charge in [0, 0.05) is 66.2 Å². The SMILES string of the molecule is [2H]c1c([2H])c([2H])c2c(c1[2H])c1c([2H])c([2H])c([2H])c([2H])c1n2-c1cc2c3c(c1)N(c1ccc(C(C)(C)C)cc1-c1ccccc1)c1ccc(-c4cccc(-n5c6ccc(C#N)cc6c6cc(C(C)(C)C)ccc65)n4)cc1B3c1cc(-c3cc(-c4ccc(C(C)C)cc4)cc(-n4c5ccc(C#N)cc5c5cc(C(C)(C)C)ccc54)n3)ccc1N2c1ccccc1-c1ccccc1. The fraction of sp³-hybridized carbons (Fsp3) is 0.135. The van der Waals surface area contributed by atoms with E-state index in [1.165, 1.54) is 5.56 Å². The first-order valence-electron chi connectivity index (χ1n) is 45.4. The monoisotopic (exact) mass is 1570 g/mol. The number of hydrogen-bond donors (Lipinski definition) is 0. The molecule has 7 heterocycles. The Kier molecular flexibility index (Phi) is 15.2. The second kappa shape index (κ2) is 28.1. The number of rotatable bonds is 11. The molecule has 580 valence electrons. The number of fused-ring (bicyclic) bond motifs is 13. The number of pyridine rings is 2. The highest BCUT2D eigenvalue weighted by Crippen LogP contribution is 2.52. The molecule has 0 spiro atoms. The summed E-state index contributed by atoms with van der Waals surface area (Å²) in [7, 11) is 0. The highest BCUT2D eigenvalue weighted by molar-refractivity contribution is 7.00. The Bertz CT molecular complexity index is 8040. The van der Waals surface area contributed by atoms with Crippen LogP contribution < -0.4 is 26.2 Å². The van der Waals surface area contributed by atoms with Gasteiger partial charge in [0.25, 0.3) is 6.71 Å². The zero-order valence-electron chi connectivity index (χ0n) is 77.2. The minimum absolute atomic E-state index is 0.0136. The molecule has 9 nitrogen and oxygen atoms in total. The largest absolute Gasteiger partial charge is 0.311 e. The molecule has 19 aromatic rings. The molecule has 2 aliphatic rings. The van der Waals surface area contributed by atoms with Crippen molar-refractivity contribution in [3.8, 4) is 85.4 Å². The van der Waals surface area contributed by atoms with E-state index in [1.54, 1.807) is 4.57 Å². The molecule has 0 N–H and O–H groups in total. The Morgan fingerprint density at radius 3 is 1.33 bits per heavy atom. The first-order chi connectivity index (χ1) is 61.9. The summed E-state index contributed by atoms with van der Waals surface area (Å²) in [6.45, 7) is 23.7. The van der Waals surface area contributed by atoms with E-state index in [9.17, 15) is 21.5 Å². The second-order valence-corrected chi connectivity index (χ2v) is 35.6. The van der Waals surface area contributed by atoms with E-state index in [4.69, 9.17) is 9.97 Å². The van der Waals surface area contributed by atoms with E-state index < -0.39 is 55.1 Å². The average molecular weight is 1570 g/mol. The molecular formula is C111H88BN9. The molecule has 21 rings (SSSR count). The molecule has 121 heavy (non-hydrogen) atoms. The first-order valence-corrected chi connectivity index (χ1v) is 41.4. The fourth-order valence-corrected chi connectivity index (χ4v) is 18.5. The van der Waals surface area contributed by atoms with Gasteiger partial charge in [-0.05, 0) is 234 Å². The molecule has 0 unspecified atom stereocenters. The van der Waals surface area contributed by atoms with Gasteiger partial charge in [-0.15, -0.1) is 0 Å². The van der Waals surface area contributed by atoms with E-state index in [0.29, 0.717) is 51.2 Å². The topological polar surface area (TPSA) is 94.6 Å². The standard InChI is InChI=1S/C111H88BN9/c1-68(2)71-39-41-72(42-40-71)77-59-93(116-107(60-77)121-99-49-38-70(67-114)56-87(99)89-63-80(111(9,10)11)47-54-101(89)121)76-44-51-102-91(58-76)112-90-57-75(92-32-24-36-106(115-92)120-98-48-37-69(66-113)55-86(98)88-62-79(110(6,7)8)46-53-100(88)120)43-50-103(90)119(97-52-45-78(109(3,4)5)61-85(97)74-27-16-13-17-28-74)105-65-81(117-95-34-22-19-30-83(95)84-31-20-23-35-96(84)117)64-104(108(105)112)118(102)94-33-21-18-29-82(94)73-25-14-12-15-26-73/h12-65,68H,1-11H3/i19D,20D,22D,23D,30D,31D,34D,35D. The smallest absolute Gasteiger partial charge is 0.252 e. The lowest BCUT2D eigenvalue weighted by atomic mass is 9.33. The third kappa shape index (κ3) is 12.2. The van der Waals surface area contributed by atoms with Crippen molar-refractivity contribution in [3.63, 3.8) is 0 Å². The first kappa shape index (κ1) is 65.5. The van der Waals surface area contributed by atoms with Crippen LogP contribution in [0.1, 0.15) is 126 Å². The Morgan fingerprint density at radius 2 is 0.785 bits per heavy atom. The number of nitrogens with zero attached hydrogens (tertiary/aromatic N) is 9. The Labute approximate surface area is 717 Å². The fourth-order valence-electron chi connectivity index (χ4n) is 18.5. The summed E-state index contributed by atoms with van der Waals surface area (Å²) < 4.78 is 83.4. The predicted molar refractivity (Wildman–Crippen MR) is 506 cm³/mol. The quantitative estimate of drug-likeness (QED) is 0.120. The van der Waals surface area contributed by atoms with Gasteiger partial charge < -0.3 is 14.4 Å². The molecule has 0 saturated carbocycles. The average Bonchev–Trinajstić information content (AvgIpc) is 1.53. The van der Waals surface area contributed by atoms with Crippen molar-refractivity contribution < 1.29 is 11.0 Å². The van der Waals surface area contributed by atoms with Crippen LogP contribution in [-0.2, 0) is 16.2 Å². The molecule has 0 atom stereocenters. The molecule has 14 aromatic carbocycles. The van der Waals surface area contributed by atoms with Crippen LogP contribution in [0.4, 0.5) is 34.1 Å². The van der Waals surface area contributed by atoms with Crippen LogP contribution in [0.25, 0.3) is 139 Å². The number of hydrogen-bond acceptors (Lipinski definition) is 6. The lowest BCUT2D eigenvalue weighted by molar-refractivity contribution is 0.590. The number of benzene rings is 14. The van der Waals surface area contributed by atoms with Crippen LogP contribution in [0.2, 0.25) is 0 Å². The molecule has 5 aromatic heterocycles. The highest BCUT2D eigenvalue weighted by Gasteiger charge is 2.46. The minimum Gasteiger partial charge on any atom is -0.311 e. The van der Waals surface area contributed by atoms with E-state index in [-0.39, 0.29) is 44.0 Å². The molecule has 0 amide bonds. The van der Waals surface area contributed by atoms with Gasteiger partial charge in [0.15, 0.2) is 0 Å². The summed E-state index contributed by atoms with van der Waals surface area (Å²) in [6.07, 6.45) is 0. The highest BCUT2D eigenvalue weighted by atomic mass is 15.2. The van der Waals surface area contributed by atoms with Crippen molar-refractivity contribution in [2.75, 3.05) is 9.80 Å². The summed E-state index contributed by atoms with van der Waals surface area (Å²) in [5, 5.41) is 24.8. The van der Waals surface area contributed by atoms with Crippen LogP contribution in [0.3, 0.4) is 0 Å². The summed E-state index contributed by atoms with van der Waals surface area (Å²) in [4.78, 5) is 16.3. The molecule has 0 fully saturated rings. The lowest BCUT2D eigenvalue weighted by Gasteiger charge is -2.45. The van der Waals surface area contributed by atoms with Gasteiger partial charge in [-0.2, -0.15) is 10.5 Å². The van der Waals surface area contributed by atoms with Crippen LogP contribution in [-0.4, -0.2) is 30.4 Å². The maximum atomic E-state index is 10.6. The van der Waals surface area contributed by atoms with Crippen molar-refractivity contribution in [1.29, 1.82) is 10.5 Å². The third-order valence-electron chi connectivity index (χ3n) is 24.8. The van der Waals surface area contributed by atoms with Crippen molar-refractivity contribution >= 4 is 123 Å². The second-order valence-electron chi connectivity index (χ2n) is 35.6. The van der Waals surface area contributed by atoms with E-state index in [2.05, 4.69) is 307 Å². The summed E-state index contributed by atoms with van der Waals surface area (Å²) >= 11 is 0. The molecular weight excluding hydrogens is 1470 g/mol. The van der Waals surface area contributed by atoms with Gasteiger partial charge in [0.2, 0.25) is 0 Å². The summed E-state index contributed by atoms with van der Waals surface area (Å²) in [5.41, 5.74) is 24.9. The number of para-hydroxylation sites is 3. The molecule has 0 bridgehead atoms. The number of aromatic nitrogens is 5. The van der Waals surface area contributed by atoms with Gasteiger partial charge in [-0.3, -0.25) is 9.13 Å². The molecule has 10 heteroatoms. The Morgan fingerprint density at radius 1 is 0.331 bits per heavy atom. The Balaban J connectivity index is 0.906. The van der Waals surface area contributed by atoms with Crippen LogP contribution >= 0.6 is 0 Å². The normalized spacial score (nSPS) is 13.7. The molecule has 0 saturated heterocycles. The molecule has 0 aliphatic carbocycles. The van der Waals surface area contributed by atoms with E-state index in [1.807, 2.05) is 78.9 Å². The van der Waals surface area contributed by atoms with Crippen molar-refractivity contribution in [2.45, 2.75) is 98.3 Å². The lowest BCUT2D eigenvalue weighted by Crippen LogP contribution is -2.61. The van der Waals surface area contributed by atoms with E-state index >= 15 is 0 Å². The van der Waals surface area contributed by atoms with Crippen LogP contribution in [0.15, 0.2) is 327 Å². The molecule has 2 aliphatic heterocycles. The maximum absolute atomic E-state index is 10.6. The van der Waals surface area contributed by atoms with Gasteiger partial charge in [0.05, 0.1) is 95.8 Å². The Hall–Kier alpha value is -14.6. The van der Waals surface area contributed by atoms with Crippen LogP contribution in [0, 0.1) is 22.7 Å². The summed E-state index contributed by atoms with van der Waals surface area (Å²) in [5.74, 6) is 1.64. The van der Waals surface area contributed by atoms with Crippen molar-refractivity contribution in [2.24, 2.45) is 0 Å². The van der Waals surface area contributed by atoms with E-state index in [0.717, 1.165) is 144 Å². The van der Waals surface area contributed by atoms with Gasteiger partial charge in [-0.1, -0.05) is 264 Å². The van der Waals surface area contributed by atoms with Crippen molar-refractivity contribution in [3.05, 3.63) is 361 Å². The van der Waals surface area contributed by atoms with Gasteiger partial charge in [0.1, 0.15) is 11.6 Å². The summed E-state index contributed by atoms with van der Waals surface area (Å²) in [6, 6.07) is 98.7. The maximum Gasteiger partial charge on any atom is 0.252 e. The predicted octanol–water partition coefficient (Wildman–Crippen LogP) is 26.9. The van der Waals surface area contributed by atoms with Gasteiger partial charge in [-0.25, -0.2) is 9.97 Å².